The van der Waals surface area contributed by atoms with Gasteiger partial charge in [-0.05, 0) is 37.1 Å². The number of halogens is 1. The molecule has 0 N–H and O–H groups in total. The predicted molar refractivity (Wildman–Crippen MR) is 107 cm³/mol. The van der Waals surface area contributed by atoms with Crippen LogP contribution in [0.5, 0.6) is 0 Å². The van der Waals surface area contributed by atoms with Crippen molar-refractivity contribution >= 4 is 22.8 Å². The molecule has 0 radical (unpaired) electrons. The minimum Gasteiger partial charge on any atom is -0.352 e. The van der Waals surface area contributed by atoms with Gasteiger partial charge in [-0.2, -0.15) is 5.10 Å². The first-order valence-corrected chi connectivity index (χ1v) is 10.2. The standard InChI is InChI=1S/C21H23FN6O/c22-16-5-7-17(8-6-16)28-20-18(13-25-28)19(23-14-24-20)26-9-11-27(12-10-26)21(29)15-3-1-2-4-15/h5-8,13-15H,1-4,9-12H2. The zero-order chi connectivity index (χ0) is 19.8. The Kier molecular flexibility index (Phi) is 4.61. The SMILES string of the molecule is O=C(C1CCCC1)N1CCN(c2ncnc3c2cnn3-c2ccc(F)cc2)CC1. The third-order valence-electron chi connectivity index (χ3n) is 6.01. The molecule has 150 valence electrons. The molecule has 0 bridgehead atoms. The number of anilines is 1. The molecule has 7 nitrogen and oxygen atoms in total. The fourth-order valence-electron chi connectivity index (χ4n) is 4.42. The predicted octanol–water partition coefficient (Wildman–Crippen LogP) is 2.79. The quantitative estimate of drug-likeness (QED) is 0.683. The fraction of sp³-hybridized carbons (Fsp3) is 0.429. The number of benzene rings is 1. The highest BCUT2D eigenvalue weighted by Gasteiger charge is 2.30. The van der Waals surface area contributed by atoms with Gasteiger partial charge in [0.15, 0.2) is 5.65 Å². The molecule has 2 aliphatic rings. The lowest BCUT2D eigenvalue weighted by Gasteiger charge is -2.36. The lowest BCUT2D eigenvalue weighted by molar-refractivity contribution is -0.135. The normalized spacial score (nSPS) is 18.0. The summed E-state index contributed by atoms with van der Waals surface area (Å²) >= 11 is 0. The van der Waals surface area contributed by atoms with Gasteiger partial charge in [0.25, 0.3) is 0 Å². The molecule has 0 spiro atoms. The Balaban J connectivity index is 1.36. The molecule has 8 heteroatoms. The van der Waals surface area contributed by atoms with Crippen LogP contribution in [0.25, 0.3) is 16.7 Å². The monoisotopic (exact) mass is 394 g/mol. The molecule has 29 heavy (non-hydrogen) atoms. The van der Waals surface area contributed by atoms with Gasteiger partial charge < -0.3 is 9.80 Å². The van der Waals surface area contributed by atoms with E-state index in [4.69, 9.17) is 0 Å². The third-order valence-corrected chi connectivity index (χ3v) is 6.01. The highest BCUT2D eigenvalue weighted by molar-refractivity contribution is 5.88. The van der Waals surface area contributed by atoms with Gasteiger partial charge in [0.1, 0.15) is 18.0 Å². The Hall–Kier alpha value is -3.03. The maximum atomic E-state index is 13.2. The van der Waals surface area contributed by atoms with Gasteiger partial charge in [0, 0.05) is 32.1 Å². The average Bonchev–Trinajstić information content (AvgIpc) is 3.44. The molecular weight excluding hydrogens is 371 g/mol. The van der Waals surface area contributed by atoms with Crippen LogP contribution in [-0.4, -0.2) is 56.7 Å². The Labute approximate surface area is 168 Å². The summed E-state index contributed by atoms with van der Waals surface area (Å²) in [5.74, 6) is 1.09. The average molecular weight is 394 g/mol. The molecule has 1 saturated heterocycles. The van der Waals surface area contributed by atoms with E-state index in [-0.39, 0.29) is 11.7 Å². The molecule has 0 atom stereocenters. The summed E-state index contributed by atoms with van der Waals surface area (Å²) in [5.41, 5.74) is 1.43. The molecule has 0 unspecified atom stereocenters. The first-order chi connectivity index (χ1) is 14.2. The number of hydrogen-bond acceptors (Lipinski definition) is 5. The van der Waals surface area contributed by atoms with E-state index in [9.17, 15) is 9.18 Å². The van der Waals surface area contributed by atoms with Crippen LogP contribution in [0.3, 0.4) is 0 Å². The number of aromatic nitrogens is 4. The number of piperazine rings is 1. The van der Waals surface area contributed by atoms with Gasteiger partial charge in [-0.1, -0.05) is 12.8 Å². The summed E-state index contributed by atoms with van der Waals surface area (Å²) in [6, 6.07) is 6.17. The maximum absolute atomic E-state index is 13.2. The smallest absolute Gasteiger partial charge is 0.225 e. The second kappa shape index (κ2) is 7.42. The van der Waals surface area contributed by atoms with Gasteiger partial charge in [0.05, 0.1) is 17.3 Å². The van der Waals surface area contributed by atoms with Crippen LogP contribution in [0, 0.1) is 11.7 Å². The highest BCUT2D eigenvalue weighted by atomic mass is 19.1. The van der Waals surface area contributed by atoms with Crippen molar-refractivity contribution in [3.05, 3.63) is 42.6 Å². The van der Waals surface area contributed by atoms with E-state index < -0.39 is 0 Å². The minimum atomic E-state index is -0.287. The number of nitrogens with zero attached hydrogens (tertiary/aromatic N) is 6. The van der Waals surface area contributed by atoms with Crippen molar-refractivity contribution in [2.75, 3.05) is 31.1 Å². The summed E-state index contributed by atoms with van der Waals surface area (Å²) in [4.78, 5) is 25.8. The lowest BCUT2D eigenvalue weighted by Crippen LogP contribution is -2.50. The van der Waals surface area contributed by atoms with Crippen LogP contribution in [0.2, 0.25) is 0 Å². The maximum Gasteiger partial charge on any atom is 0.225 e. The first kappa shape index (κ1) is 18.0. The van der Waals surface area contributed by atoms with Gasteiger partial charge in [-0.25, -0.2) is 19.0 Å². The van der Waals surface area contributed by atoms with Gasteiger partial charge >= 0.3 is 0 Å². The van der Waals surface area contributed by atoms with Crippen LogP contribution >= 0.6 is 0 Å². The summed E-state index contributed by atoms with van der Waals surface area (Å²) in [7, 11) is 0. The fourth-order valence-corrected chi connectivity index (χ4v) is 4.42. The topological polar surface area (TPSA) is 67.2 Å². The van der Waals surface area contributed by atoms with Gasteiger partial charge in [0.2, 0.25) is 5.91 Å². The van der Waals surface area contributed by atoms with Gasteiger partial charge in [-0.3, -0.25) is 4.79 Å². The number of carbonyl (C=O) groups is 1. The Morgan fingerprint density at radius 1 is 1.00 bits per heavy atom. The van der Waals surface area contributed by atoms with E-state index in [1.54, 1.807) is 23.0 Å². The van der Waals surface area contributed by atoms with Crippen LogP contribution in [0.1, 0.15) is 25.7 Å². The number of amides is 1. The summed E-state index contributed by atoms with van der Waals surface area (Å²) < 4.78 is 14.9. The van der Waals surface area contributed by atoms with Crippen molar-refractivity contribution in [2.45, 2.75) is 25.7 Å². The summed E-state index contributed by atoms with van der Waals surface area (Å²) in [5, 5.41) is 5.30. The van der Waals surface area contributed by atoms with Crippen molar-refractivity contribution < 1.29 is 9.18 Å². The van der Waals surface area contributed by atoms with Gasteiger partial charge in [-0.15, -0.1) is 0 Å². The second-order valence-corrected chi connectivity index (χ2v) is 7.76. The number of hydrogen-bond donors (Lipinski definition) is 0. The molecule has 5 rings (SSSR count). The number of carbonyl (C=O) groups excluding carboxylic acids is 1. The van der Waals surface area contributed by atoms with Crippen molar-refractivity contribution in [3.8, 4) is 5.69 Å². The van der Waals surface area contributed by atoms with E-state index in [0.717, 1.165) is 42.8 Å². The van der Waals surface area contributed by atoms with E-state index >= 15 is 0 Å². The van der Waals surface area contributed by atoms with Crippen molar-refractivity contribution in [1.82, 2.24) is 24.6 Å². The molecule has 3 aromatic rings. The zero-order valence-corrected chi connectivity index (χ0v) is 16.2. The van der Waals surface area contributed by atoms with Crippen LogP contribution in [-0.2, 0) is 4.79 Å². The van der Waals surface area contributed by atoms with Crippen LogP contribution < -0.4 is 4.90 Å². The molecule has 2 aromatic heterocycles. The van der Waals surface area contributed by atoms with E-state index in [1.807, 2.05) is 4.90 Å². The zero-order valence-electron chi connectivity index (χ0n) is 16.2. The van der Waals surface area contributed by atoms with E-state index in [1.165, 1.54) is 31.3 Å². The van der Waals surface area contributed by atoms with Crippen LogP contribution in [0.15, 0.2) is 36.8 Å². The largest absolute Gasteiger partial charge is 0.352 e. The first-order valence-electron chi connectivity index (χ1n) is 10.2. The Morgan fingerprint density at radius 2 is 1.72 bits per heavy atom. The minimum absolute atomic E-state index is 0.223. The molecule has 1 aliphatic carbocycles. The Morgan fingerprint density at radius 3 is 2.45 bits per heavy atom. The second-order valence-electron chi connectivity index (χ2n) is 7.76. The van der Waals surface area contributed by atoms with E-state index in [2.05, 4.69) is 20.0 Å². The number of rotatable bonds is 3. The number of fused-ring (bicyclic) bond motifs is 1. The Bertz CT molecular complexity index is 1020. The molecule has 1 aromatic carbocycles. The molecular formula is C21H23FN6O. The van der Waals surface area contributed by atoms with Crippen molar-refractivity contribution in [2.24, 2.45) is 5.92 Å². The van der Waals surface area contributed by atoms with Crippen LogP contribution in [0.4, 0.5) is 10.2 Å². The molecule has 1 saturated carbocycles. The lowest BCUT2D eigenvalue weighted by atomic mass is 10.1. The molecule has 3 heterocycles. The van der Waals surface area contributed by atoms with Crippen molar-refractivity contribution in [3.63, 3.8) is 0 Å². The molecule has 1 amide bonds. The molecule has 1 aliphatic heterocycles. The van der Waals surface area contributed by atoms with Crippen molar-refractivity contribution in [1.29, 1.82) is 0 Å². The highest BCUT2D eigenvalue weighted by Crippen LogP contribution is 2.29. The molecule has 2 fully saturated rings. The third kappa shape index (κ3) is 3.32. The summed E-state index contributed by atoms with van der Waals surface area (Å²) in [6.07, 6.45) is 7.71. The summed E-state index contributed by atoms with van der Waals surface area (Å²) in [6.45, 7) is 2.92. The van der Waals surface area contributed by atoms with E-state index in [0.29, 0.717) is 24.6 Å².